The number of nitrogens with one attached hydrogen (secondary N) is 4. The van der Waals surface area contributed by atoms with Crippen LogP contribution in [0.25, 0.3) is 66.8 Å². The Morgan fingerprint density at radius 1 is 0.529 bits per heavy atom. The minimum atomic E-state index is -2.83. The number of aryl methyl sites for hydroxylation is 3. The highest BCUT2D eigenvalue weighted by Gasteiger charge is 2.35. The highest BCUT2D eigenvalue weighted by atomic mass is 35.5. The number of nitriles is 1. The van der Waals surface area contributed by atoms with E-state index in [1.807, 2.05) is 100 Å². The van der Waals surface area contributed by atoms with Crippen molar-refractivity contribution in [3.8, 4) is 72.8 Å². The molecule has 13 N–H and O–H groups in total. The van der Waals surface area contributed by atoms with Crippen molar-refractivity contribution in [2.75, 3.05) is 76.1 Å². The quantitative estimate of drug-likeness (QED) is 0.0269. The number of carbonyl (C=O) groups excluding carboxylic acids is 4. The van der Waals surface area contributed by atoms with Crippen molar-refractivity contribution in [3.63, 3.8) is 0 Å². The molecule has 3 atom stereocenters. The zero-order valence-corrected chi connectivity index (χ0v) is 75.8. The number of nitrogens with zero attached hydrogens (tertiary/aromatic N) is 11. The number of benzene rings is 7. The van der Waals surface area contributed by atoms with E-state index in [1.54, 1.807) is 66.7 Å². The maximum atomic E-state index is 15.2. The predicted octanol–water partition coefficient (Wildman–Crippen LogP) is 17.8. The van der Waals surface area contributed by atoms with Crippen LogP contribution in [0.2, 0.25) is 5.02 Å². The number of aliphatic hydroxyl groups excluding tert-OH is 1. The standard InChI is InChI=1S/C27H25ClF2N6O.C26H22F5N5O2.C25H23FN4O2.C24H25FN4O2/c1-35-13-21(15-4-6-23(29)22(28)8-15)25(14-35)34-27(37)19-5-3-16(9-24(19)30)20-7-17(10-32-26(20)31)18-11-33-36(2)12-18;1-13-21(11-36(35-13)26(30)31)17-7-20(24(32)33-10-17)15-2-3-19(22(29)8-15)25(38)34-23(12-37)16-4-14(9-27)5-18(28)6-16;26-22-12-18(21-11-20(15-29-24(21)28)17-6-8-32-9-7-17)10-19(13-27)23(22)25(31)30-14-16-4-2-1-3-5-16;1-15-3-2-4-19(29-15)14-28-24(30)20-6-5-17(12-22(20)25)21-11-18(13-27-23(21)26)16-7-9-31-10-8-16/h3-12,21,25H,13-14H2,1-2H3,(H2,31,32)(H,34,37);2-8,10-11,23,26,37H,9,12H2,1H3,(H2,32,33)(H,34,38);1-5,10-12,15,17H,6-9,14H2,(H2,28,29)(H,30,31);2-6,11-13,16H,7-10,14H2,1H3,(H2,26,27)(H,28,30)/t;23-;;/m.1../s1. The number of alkyl halides is 3. The Morgan fingerprint density at radius 3 is 1.62 bits per heavy atom. The van der Waals surface area contributed by atoms with Crippen LogP contribution in [0.4, 0.5) is 62.8 Å². The number of aromatic nitrogens is 9. The van der Waals surface area contributed by atoms with Crippen molar-refractivity contribution in [2.24, 2.45) is 7.05 Å². The summed E-state index contributed by atoms with van der Waals surface area (Å²) < 4.78 is 140. The topological polar surface area (TPSA) is 386 Å². The minimum absolute atomic E-state index is 0.0217. The lowest BCUT2D eigenvalue weighted by molar-refractivity contribution is 0.0563. The molecule has 4 amide bonds. The number of carbonyl (C=O) groups is 4. The third-order valence-electron chi connectivity index (χ3n) is 23.8. The zero-order valence-electron chi connectivity index (χ0n) is 75.1. The van der Waals surface area contributed by atoms with E-state index in [4.69, 9.17) is 44.0 Å². The molecule has 3 fully saturated rings. The smallest absolute Gasteiger partial charge is 0.333 e. The van der Waals surface area contributed by atoms with E-state index in [0.29, 0.717) is 110 Å². The lowest BCUT2D eigenvalue weighted by Crippen LogP contribution is -2.40. The molecule has 2 unspecified atom stereocenters. The van der Waals surface area contributed by atoms with E-state index in [1.165, 1.54) is 66.9 Å². The second-order valence-electron chi connectivity index (χ2n) is 33.3. The third kappa shape index (κ3) is 24.2. The molecule has 138 heavy (non-hydrogen) atoms. The number of nitrogen functional groups attached to an aromatic ring is 4. The second kappa shape index (κ2) is 45.0. The van der Waals surface area contributed by atoms with Gasteiger partial charge in [-0.05, 0) is 223 Å². The molecular weight excluding hydrogens is 1810 g/mol. The minimum Gasteiger partial charge on any atom is -0.394 e. The fourth-order valence-electron chi connectivity index (χ4n) is 16.5. The number of rotatable bonds is 23. The number of hydrogen-bond donors (Lipinski definition) is 9. The molecule has 7 aromatic heterocycles. The number of halogens is 10. The molecular formula is C102H95ClF9N19O7. The number of nitrogens with two attached hydrogens (primary N) is 4. The van der Waals surface area contributed by atoms with Gasteiger partial charge < -0.3 is 63.7 Å². The van der Waals surface area contributed by atoms with Crippen LogP contribution >= 0.6 is 11.6 Å². The summed E-state index contributed by atoms with van der Waals surface area (Å²) in [6, 6.07) is 45.7. The fourth-order valence-corrected chi connectivity index (χ4v) is 16.7. The molecule has 0 spiro atoms. The van der Waals surface area contributed by atoms with Crippen LogP contribution in [0.5, 0.6) is 0 Å². The first-order valence-corrected chi connectivity index (χ1v) is 44.1. The van der Waals surface area contributed by atoms with Gasteiger partial charge in [0, 0.05) is 152 Å². The normalized spacial score (nSPS) is 14.6. The Bertz CT molecular complexity index is 6860. The molecule has 0 saturated carbocycles. The maximum absolute atomic E-state index is 15.2. The largest absolute Gasteiger partial charge is 0.394 e. The molecule has 10 heterocycles. The van der Waals surface area contributed by atoms with E-state index in [2.05, 4.69) is 61.3 Å². The Balaban J connectivity index is 0.000000147. The molecule has 36 heteroatoms. The summed E-state index contributed by atoms with van der Waals surface area (Å²) >= 11 is 5.98. The van der Waals surface area contributed by atoms with Crippen molar-refractivity contribution in [2.45, 2.75) is 95.7 Å². The van der Waals surface area contributed by atoms with Crippen LogP contribution in [-0.2, 0) is 36.3 Å². The van der Waals surface area contributed by atoms with Gasteiger partial charge in [0.1, 0.15) is 70.9 Å². The average molecular weight is 1910 g/mol. The van der Waals surface area contributed by atoms with E-state index >= 15 is 13.2 Å². The summed E-state index contributed by atoms with van der Waals surface area (Å²) in [6.45, 7) is 3.51. The first-order valence-electron chi connectivity index (χ1n) is 43.8. The Kier molecular flexibility index (Phi) is 32.2. The molecule has 0 aliphatic carbocycles. The summed E-state index contributed by atoms with van der Waals surface area (Å²) in [5, 5.41) is 38.0. The molecule has 14 aromatic rings. The molecule has 3 aliphatic rings. The van der Waals surface area contributed by atoms with Gasteiger partial charge in [-0.2, -0.15) is 24.2 Å². The lowest BCUT2D eigenvalue weighted by atomic mass is 9.90. The van der Waals surface area contributed by atoms with Gasteiger partial charge in [0.15, 0.2) is 0 Å². The van der Waals surface area contributed by atoms with Crippen molar-refractivity contribution >= 4 is 58.5 Å². The number of amides is 4. The van der Waals surface area contributed by atoms with Gasteiger partial charge in [-0.1, -0.05) is 78.3 Å². The van der Waals surface area contributed by atoms with E-state index in [0.717, 1.165) is 102 Å². The summed E-state index contributed by atoms with van der Waals surface area (Å²) in [6.07, 6.45) is 14.9. The number of hydrogen-bond acceptors (Lipinski definition) is 20. The number of likely N-dealkylation sites (N-methyl/N-ethyl adjacent to an activating group) is 1. The molecule has 3 saturated heterocycles. The van der Waals surface area contributed by atoms with Crippen LogP contribution in [0.3, 0.4) is 0 Å². The van der Waals surface area contributed by atoms with Crippen molar-refractivity contribution < 1.29 is 73.3 Å². The van der Waals surface area contributed by atoms with Crippen LogP contribution in [0, 0.1) is 60.1 Å². The van der Waals surface area contributed by atoms with E-state index in [-0.39, 0.29) is 92.0 Å². The highest BCUT2D eigenvalue weighted by Crippen LogP contribution is 2.40. The van der Waals surface area contributed by atoms with Crippen LogP contribution < -0.4 is 44.2 Å². The molecule has 7 aromatic carbocycles. The lowest BCUT2D eigenvalue weighted by Gasteiger charge is -2.23. The maximum Gasteiger partial charge on any atom is 0.333 e. The summed E-state index contributed by atoms with van der Waals surface area (Å²) in [5.74, 6) is -5.39. The third-order valence-corrected chi connectivity index (χ3v) is 24.1. The zero-order chi connectivity index (χ0) is 98.1. The predicted molar refractivity (Wildman–Crippen MR) is 505 cm³/mol. The Hall–Kier alpha value is -15.2. The monoisotopic (exact) mass is 1900 g/mol. The first-order chi connectivity index (χ1) is 66.4. The number of anilines is 4. The fraction of sp³-hybridized carbons (Fsp3) is 0.235. The van der Waals surface area contributed by atoms with Crippen LogP contribution in [0.1, 0.15) is 153 Å². The Morgan fingerprint density at radius 2 is 1.08 bits per heavy atom. The van der Waals surface area contributed by atoms with Gasteiger partial charge in [-0.25, -0.2) is 55.4 Å². The molecule has 0 radical (unpaired) electrons. The number of aliphatic hydroxyl groups is 1. The van der Waals surface area contributed by atoms with Gasteiger partial charge in [0.2, 0.25) is 0 Å². The van der Waals surface area contributed by atoms with Gasteiger partial charge in [0.05, 0.1) is 69.6 Å². The highest BCUT2D eigenvalue weighted by molar-refractivity contribution is 6.30. The number of pyridine rings is 5. The first kappa shape index (κ1) is 98.8. The SMILES string of the molecule is CN1CC(NC(=O)c2ccc(-c3cc(-c4cnn(C)c4)cnc3N)cc2F)C(c2ccc(F)c(Cl)c2)C1.Cc1cccc(CNC(=O)c2ccc(-c3cc(C4CCOCC4)cnc3N)cc2F)n1.Cc1nn(C(F)F)cc1-c1cnc(N)c(-c2ccc(C(=O)N[C@H](CO)c3cc(F)cc(CF)c3)c(F)c2)c1.N#Cc1cc(-c2cc(C3CCOCC3)cnc2N)cc(F)c1C(=O)NCc1ccccc1. The van der Waals surface area contributed by atoms with Crippen LogP contribution in [-0.4, -0.2) is 137 Å². The molecule has 710 valence electrons. The van der Waals surface area contributed by atoms with Crippen molar-refractivity contribution in [1.82, 2.24) is 70.6 Å². The van der Waals surface area contributed by atoms with Crippen molar-refractivity contribution in [3.05, 3.63) is 338 Å². The Labute approximate surface area is 792 Å². The summed E-state index contributed by atoms with van der Waals surface area (Å²) in [5.41, 5.74) is 35.5. The number of likely N-dealkylation sites (tertiary alicyclic amines) is 1. The molecule has 3 aliphatic heterocycles. The van der Waals surface area contributed by atoms with Gasteiger partial charge >= 0.3 is 6.55 Å². The van der Waals surface area contributed by atoms with Gasteiger partial charge in [-0.3, -0.25) is 28.8 Å². The van der Waals surface area contributed by atoms with Crippen molar-refractivity contribution in [1.29, 1.82) is 5.26 Å². The summed E-state index contributed by atoms with van der Waals surface area (Å²) in [4.78, 5) is 74.3. The van der Waals surface area contributed by atoms with E-state index in [9.17, 15) is 55.9 Å². The van der Waals surface area contributed by atoms with Gasteiger partial charge in [-0.15, -0.1) is 0 Å². The molecule has 26 nitrogen and oxygen atoms in total. The molecule has 0 bridgehead atoms. The number of ether oxygens (including phenoxy) is 2. The second-order valence-corrected chi connectivity index (χ2v) is 33.7. The van der Waals surface area contributed by atoms with E-state index < -0.39 is 84.4 Å². The molecule has 17 rings (SSSR count). The van der Waals surface area contributed by atoms with Crippen LogP contribution in [0.15, 0.2) is 219 Å². The van der Waals surface area contributed by atoms with Gasteiger partial charge in [0.25, 0.3) is 23.6 Å². The summed E-state index contributed by atoms with van der Waals surface area (Å²) in [7, 11) is 3.74. The average Bonchev–Trinajstić information content (AvgIpc) is 1.57.